The van der Waals surface area contributed by atoms with Crippen molar-refractivity contribution in [3.63, 3.8) is 0 Å². The molecule has 2 aromatic heterocycles. The summed E-state index contributed by atoms with van der Waals surface area (Å²) in [5, 5.41) is 0. The van der Waals surface area contributed by atoms with Crippen LogP contribution in [0.5, 0.6) is 0 Å². The predicted octanol–water partition coefficient (Wildman–Crippen LogP) is 2.64. The van der Waals surface area contributed by atoms with Crippen LogP contribution in [0.15, 0.2) is 36.7 Å². The molecule has 0 saturated heterocycles. The van der Waals surface area contributed by atoms with Gasteiger partial charge in [0.2, 0.25) is 0 Å². The fourth-order valence-electron chi connectivity index (χ4n) is 1.46. The van der Waals surface area contributed by atoms with Gasteiger partial charge in [0.1, 0.15) is 0 Å². The summed E-state index contributed by atoms with van der Waals surface area (Å²) in [6.45, 7) is 2.14. The van der Waals surface area contributed by atoms with Crippen LogP contribution in [0.3, 0.4) is 0 Å². The topological polar surface area (TPSA) is 28.7 Å². The summed E-state index contributed by atoms with van der Waals surface area (Å²) in [5.41, 5.74) is 3.50. The van der Waals surface area contributed by atoms with Crippen LogP contribution in [0.25, 0.3) is 11.3 Å². The van der Waals surface area contributed by atoms with Gasteiger partial charge in [-0.2, -0.15) is 0 Å². The maximum atomic E-state index is 4.31. The number of hydrogen-bond donors (Lipinski definition) is 1. The average molecular weight is 172 g/mol. The lowest BCUT2D eigenvalue weighted by Gasteiger charge is -1.99. The molecule has 0 aliphatic carbocycles. The number of hydrogen-bond acceptors (Lipinski definition) is 1. The van der Waals surface area contributed by atoms with Gasteiger partial charge in [-0.1, -0.05) is 13.0 Å². The van der Waals surface area contributed by atoms with E-state index in [0.29, 0.717) is 0 Å². The zero-order chi connectivity index (χ0) is 9.10. The number of aromatic amines is 1. The minimum Gasteiger partial charge on any atom is -0.364 e. The van der Waals surface area contributed by atoms with Crippen molar-refractivity contribution in [3.8, 4) is 11.3 Å². The van der Waals surface area contributed by atoms with Crippen molar-refractivity contribution in [2.75, 3.05) is 0 Å². The number of rotatable bonds is 2. The summed E-state index contributed by atoms with van der Waals surface area (Å²) >= 11 is 0. The highest BCUT2D eigenvalue weighted by Gasteiger charge is 2.03. The van der Waals surface area contributed by atoms with E-state index in [1.807, 2.05) is 30.6 Å². The van der Waals surface area contributed by atoms with Gasteiger partial charge >= 0.3 is 0 Å². The molecule has 0 amide bonds. The first-order chi connectivity index (χ1) is 6.42. The molecule has 2 aromatic rings. The second-order valence-electron chi connectivity index (χ2n) is 2.94. The Morgan fingerprint density at radius 1 is 1.31 bits per heavy atom. The average Bonchev–Trinajstić information content (AvgIpc) is 2.67. The molecule has 2 nitrogen and oxygen atoms in total. The molecule has 0 spiro atoms. The SMILES string of the molecule is CCc1[nH]ccc1-c1ccccn1. The second-order valence-corrected chi connectivity index (χ2v) is 2.94. The lowest BCUT2D eigenvalue weighted by molar-refractivity contribution is 1.06. The van der Waals surface area contributed by atoms with Gasteiger partial charge in [0.15, 0.2) is 0 Å². The Morgan fingerprint density at radius 2 is 2.23 bits per heavy atom. The molecule has 2 heteroatoms. The summed E-state index contributed by atoms with van der Waals surface area (Å²) < 4.78 is 0. The van der Waals surface area contributed by atoms with Crippen molar-refractivity contribution in [1.82, 2.24) is 9.97 Å². The lowest BCUT2D eigenvalue weighted by atomic mass is 10.1. The van der Waals surface area contributed by atoms with E-state index in [2.05, 4.69) is 23.0 Å². The van der Waals surface area contributed by atoms with Gasteiger partial charge in [0, 0.05) is 23.7 Å². The third-order valence-corrected chi connectivity index (χ3v) is 2.13. The van der Waals surface area contributed by atoms with Gasteiger partial charge in [-0.15, -0.1) is 0 Å². The standard InChI is InChI=1S/C11H12N2/c1-2-10-9(6-8-13-10)11-5-3-4-7-12-11/h3-8,13H,2H2,1H3. The quantitative estimate of drug-likeness (QED) is 0.741. The first kappa shape index (κ1) is 8.05. The van der Waals surface area contributed by atoms with Gasteiger partial charge in [-0.05, 0) is 24.6 Å². The van der Waals surface area contributed by atoms with Crippen molar-refractivity contribution in [2.24, 2.45) is 0 Å². The number of nitrogens with zero attached hydrogens (tertiary/aromatic N) is 1. The summed E-state index contributed by atoms with van der Waals surface area (Å²) in [5.74, 6) is 0. The smallest absolute Gasteiger partial charge is 0.0719 e. The van der Waals surface area contributed by atoms with Crippen molar-refractivity contribution < 1.29 is 0 Å². The highest BCUT2D eigenvalue weighted by atomic mass is 14.7. The predicted molar refractivity (Wildman–Crippen MR) is 53.4 cm³/mol. The largest absolute Gasteiger partial charge is 0.364 e. The van der Waals surface area contributed by atoms with Crippen LogP contribution < -0.4 is 0 Å². The molecule has 2 rings (SSSR count). The van der Waals surface area contributed by atoms with E-state index in [1.54, 1.807) is 0 Å². The van der Waals surface area contributed by atoms with E-state index >= 15 is 0 Å². The maximum Gasteiger partial charge on any atom is 0.0719 e. The minimum atomic E-state index is 1.01. The summed E-state index contributed by atoms with van der Waals surface area (Å²) in [7, 11) is 0. The van der Waals surface area contributed by atoms with Crippen molar-refractivity contribution >= 4 is 0 Å². The van der Waals surface area contributed by atoms with Crippen LogP contribution in [0.2, 0.25) is 0 Å². The Kier molecular flexibility index (Phi) is 2.13. The molecule has 0 saturated carbocycles. The third-order valence-electron chi connectivity index (χ3n) is 2.13. The molecular weight excluding hydrogens is 160 g/mol. The highest BCUT2D eigenvalue weighted by molar-refractivity contribution is 5.61. The van der Waals surface area contributed by atoms with Crippen molar-refractivity contribution in [2.45, 2.75) is 13.3 Å². The molecule has 0 bridgehead atoms. The number of pyridine rings is 1. The van der Waals surface area contributed by atoms with Crippen LogP contribution in [0, 0.1) is 0 Å². The molecule has 0 atom stereocenters. The van der Waals surface area contributed by atoms with Crippen LogP contribution >= 0.6 is 0 Å². The molecule has 0 unspecified atom stereocenters. The molecule has 2 heterocycles. The van der Waals surface area contributed by atoms with Gasteiger partial charge < -0.3 is 4.98 Å². The number of nitrogens with one attached hydrogen (secondary N) is 1. The molecule has 13 heavy (non-hydrogen) atoms. The Morgan fingerprint density at radius 3 is 2.92 bits per heavy atom. The monoisotopic (exact) mass is 172 g/mol. The Labute approximate surface area is 77.6 Å². The number of aryl methyl sites for hydroxylation is 1. The van der Waals surface area contributed by atoms with Gasteiger partial charge in [0.05, 0.1) is 5.69 Å². The van der Waals surface area contributed by atoms with Crippen LogP contribution in [0.4, 0.5) is 0 Å². The Bertz CT molecular complexity index is 376. The first-order valence-corrected chi connectivity index (χ1v) is 4.49. The lowest BCUT2D eigenvalue weighted by Crippen LogP contribution is -1.86. The molecule has 0 radical (unpaired) electrons. The van der Waals surface area contributed by atoms with Gasteiger partial charge in [-0.25, -0.2) is 0 Å². The molecule has 0 aliphatic rings. The fraction of sp³-hybridized carbons (Fsp3) is 0.182. The summed E-state index contributed by atoms with van der Waals surface area (Å²) in [6, 6.07) is 8.04. The van der Waals surface area contributed by atoms with E-state index in [4.69, 9.17) is 0 Å². The molecular formula is C11H12N2. The molecule has 66 valence electrons. The molecule has 1 N–H and O–H groups in total. The van der Waals surface area contributed by atoms with Crippen molar-refractivity contribution in [1.29, 1.82) is 0 Å². The third kappa shape index (κ3) is 1.47. The normalized spacial score (nSPS) is 10.2. The first-order valence-electron chi connectivity index (χ1n) is 4.49. The van der Waals surface area contributed by atoms with E-state index in [0.717, 1.165) is 12.1 Å². The van der Waals surface area contributed by atoms with Crippen molar-refractivity contribution in [3.05, 3.63) is 42.4 Å². The van der Waals surface area contributed by atoms with Crippen LogP contribution in [-0.2, 0) is 6.42 Å². The fourth-order valence-corrected chi connectivity index (χ4v) is 1.46. The Balaban J connectivity index is 2.47. The summed E-state index contributed by atoms with van der Waals surface area (Å²) in [4.78, 5) is 7.52. The molecule has 0 aromatic carbocycles. The van der Waals surface area contributed by atoms with E-state index in [1.165, 1.54) is 11.3 Å². The zero-order valence-corrected chi connectivity index (χ0v) is 7.62. The van der Waals surface area contributed by atoms with E-state index < -0.39 is 0 Å². The maximum absolute atomic E-state index is 4.31. The van der Waals surface area contributed by atoms with E-state index in [-0.39, 0.29) is 0 Å². The minimum absolute atomic E-state index is 1.01. The van der Waals surface area contributed by atoms with Gasteiger partial charge in [-0.3, -0.25) is 4.98 Å². The van der Waals surface area contributed by atoms with Gasteiger partial charge in [0.25, 0.3) is 0 Å². The molecule has 0 fully saturated rings. The zero-order valence-electron chi connectivity index (χ0n) is 7.62. The second kappa shape index (κ2) is 3.44. The Hall–Kier alpha value is -1.57. The van der Waals surface area contributed by atoms with Crippen LogP contribution in [0.1, 0.15) is 12.6 Å². The number of H-pyrrole nitrogens is 1. The summed E-state index contributed by atoms with van der Waals surface area (Å²) in [6.07, 6.45) is 4.80. The van der Waals surface area contributed by atoms with Crippen LogP contribution in [-0.4, -0.2) is 9.97 Å². The highest BCUT2D eigenvalue weighted by Crippen LogP contribution is 2.20. The van der Waals surface area contributed by atoms with E-state index in [9.17, 15) is 0 Å². The molecule has 0 aliphatic heterocycles. The number of aromatic nitrogens is 2.